The summed E-state index contributed by atoms with van der Waals surface area (Å²) in [7, 11) is 0. The highest BCUT2D eigenvalue weighted by molar-refractivity contribution is 5.94. The summed E-state index contributed by atoms with van der Waals surface area (Å²) in [6, 6.07) is 10.7. The molecule has 1 saturated heterocycles. The fourth-order valence-electron chi connectivity index (χ4n) is 3.86. The molecule has 0 spiro atoms. The Balaban J connectivity index is 1.65. The normalized spacial score (nSPS) is 14.4. The number of aromatic nitrogens is 2. The molecule has 0 saturated carbocycles. The molecular formula is C24H24F3N5O. The zero-order valence-electron chi connectivity index (χ0n) is 18.1. The molecule has 0 bridgehead atoms. The number of carbonyl (C=O) groups excluding carboxylic acids is 1. The molecule has 4 rings (SSSR count). The first kappa shape index (κ1) is 22.7. The van der Waals surface area contributed by atoms with E-state index in [0.717, 1.165) is 49.4 Å². The third kappa shape index (κ3) is 5.31. The van der Waals surface area contributed by atoms with Gasteiger partial charge in [-0.1, -0.05) is 6.07 Å². The number of anilines is 1. The number of hydrogen-bond donors (Lipinski definition) is 2. The maximum absolute atomic E-state index is 13.0. The Kier molecular flexibility index (Phi) is 6.33. The van der Waals surface area contributed by atoms with Crippen LogP contribution in [-0.2, 0) is 12.6 Å². The van der Waals surface area contributed by atoms with Gasteiger partial charge in [0.05, 0.1) is 11.3 Å². The van der Waals surface area contributed by atoms with Crippen molar-refractivity contribution in [2.75, 3.05) is 31.1 Å². The van der Waals surface area contributed by atoms with Crippen LogP contribution in [0, 0.1) is 6.92 Å². The Hall–Kier alpha value is -3.46. The van der Waals surface area contributed by atoms with Crippen LogP contribution in [0.25, 0.3) is 11.3 Å². The molecule has 1 aromatic carbocycles. The van der Waals surface area contributed by atoms with Crippen LogP contribution in [0.15, 0.2) is 48.7 Å². The molecule has 0 unspecified atom stereocenters. The fourth-order valence-corrected chi connectivity index (χ4v) is 3.86. The Labute approximate surface area is 189 Å². The van der Waals surface area contributed by atoms with Crippen LogP contribution in [0.5, 0.6) is 0 Å². The quantitative estimate of drug-likeness (QED) is 0.615. The number of aryl methyl sites for hydroxylation is 1. The van der Waals surface area contributed by atoms with Gasteiger partial charge in [0.15, 0.2) is 0 Å². The first-order chi connectivity index (χ1) is 15.7. The third-order valence-corrected chi connectivity index (χ3v) is 5.69. The van der Waals surface area contributed by atoms with Crippen LogP contribution in [-0.4, -0.2) is 42.1 Å². The van der Waals surface area contributed by atoms with E-state index in [0.29, 0.717) is 34.8 Å². The second kappa shape index (κ2) is 9.19. The molecule has 2 aromatic heterocycles. The Morgan fingerprint density at radius 1 is 1.12 bits per heavy atom. The predicted molar refractivity (Wildman–Crippen MR) is 120 cm³/mol. The lowest BCUT2D eigenvalue weighted by Gasteiger charge is -2.29. The molecule has 1 amide bonds. The summed E-state index contributed by atoms with van der Waals surface area (Å²) in [6.07, 6.45) is -2.37. The topological polar surface area (TPSA) is 84.1 Å². The minimum absolute atomic E-state index is 0.366. The van der Waals surface area contributed by atoms with Crippen LogP contribution < -0.4 is 16.0 Å². The molecule has 3 aromatic rings. The van der Waals surface area contributed by atoms with Gasteiger partial charge in [-0.05, 0) is 54.4 Å². The largest absolute Gasteiger partial charge is 0.416 e. The van der Waals surface area contributed by atoms with E-state index >= 15 is 0 Å². The molecule has 172 valence electrons. The smallest absolute Gasteiger partial charge is 0.366 e. The van der Waals surface area contributed by atoms with Crippen molar-refractivity contribution in [3.05, 3.63) is 76.6 Å². The first-order valence-corrected chi connectivity index (χ1v) is 10.6. The van der Waals surface area contributed by atoms with E-state index in [1.807, 2.05) is 6.07 Å². The van der Waals surface area contributed by atoms with E-state index in [4.69, 9.17) is 10.7 Å². The summed E-state index contributed by atoms with van der Waals surface area (Å²) in [5.41, 5.74) is 8.59. The van der Waals surface area contributed by atoms with Gasteiger partial charge >= 0.3 is 6.18 Å². The van der Waals surface area contributed by atoms with E-state index < -0.39 is 17.6 Å². The SMILES string of the molecule is Cc1cc(C(F)(F)F)ccc1Cc1cc(-c2cc(C(N)=O)cc(N3CCNCC3)n2)ccn1. The van der Waals surface area contributed by atoms with Crippen LogP contribution in [0.1, 0.15) is 32.7 Å². The van der Waals surface area contributed by atoms with Crippen molar-refractivity contribution in [1.29, 1.82) is 0 Å². The van der Waals surface area contributed by atoms with Crippen LogP contribution in [0.4, 0.5) is 19.0 Å². The van der Waals surface area contributed by atoms with Crippen molar-refractivity contribution in [1.82, 2.24) is 15.3 Å². The van der Waals surface area contributed by atoms with Crippen molar-refractivity contribution in [3.8, 4) is 11.3 Å². The van der Waals surface area contributed by atoms with Crippen molar-refractivity contribution in [2.24, 2.45) is 5.73 Å². The van der Waals surface area contributed by atoms with Crippen molar-refractivity contribution in [3.63, 3.8) is 0 Å². The molecule has 9 heteroatoms. The zero-order chi connectivity index (χ0) is 23.6. The molecule has 3 heterocycles. The minimum Gasteiger partial charge on any atom is -0.366 e. The number of carbonyl (C=O) groups is 1. The third-order valence-electron chi connectivity index (χ3n) is 5.69. The standard InChI is InChI=1S/C24H24F3N5O/c1-15-10-19(24(25,26)27)3-2-16(15)11-20-12-17(4-5-30-20)21-13-18(23(28)33)14-22(31-21)32-8-6-29-7-9-32/h2-5,10,12-14,29H,6-9,11H2,1H3,(H2,28,33). The summed E-state index contributed by atoms with van der Waals surface area (Å²) in [5.74, 6) is 0.143. The van der Waals surface area contributed by atoms with Crippen LogP contribution >= 0.6 is 0 Å². The lowest BCUT2D eigenvalue weighted by atomic mass is 9.99. The molecule has 1 aliphatic heterocycles. The number of benzene rings is 1. The summed E-state index contributed by atoms with van der Waals surface area (Å²) in [5, 5.41) is 3.28. The van der Waals surface area contributed by atoms with E-state index in [2.05, 4.69) is 15.2 Å². The van der Waals surface area contributed by atoms with Gasteiger partial charge in [-0.25, -0.2) is 4.98 Å². The summed E-state index contributed by atoms with van der Waals surface area (Å²) >= 11 is 0. The van der Waals surface area contributed by atoms with Gasteiger partial charge < -0.3 is 16.0 Å². The second-order valence-corrected chi connectivity index (χ2v) is 8.05. The number of halogens is 3. The zero-order valence-corrected chi connectivity index (χ0v) is 18.1. The number of nitrogens with one attached hydrogen (secondary N) is 1. The van der Waals surface area contributed by atoms with Crippen LogP contribution in [0.2, 0.25) is 0 Å². The van der Waals surface area contributed by atoms with Gasteiger partial charge in [-0.15, -0.1) is 0 Å². The lowest BCUT2D eigenvalue weighted by Crippen LogP contribution is -2.44. The molecular weight excluding hydrogens is 431 g/mol. The molecule has 6 nitrogen and oxygen atoms in total. The molecule has 0 atom stereocenters. The fraction of sp³-hybridized carbons (Fsp3) is 0.292. The predicted octanol–water partition coefficient (Wildman–Crippen LogP) is 3.57. The molecule has 1 fully saturated rings. The number of rotatable bonds is 5. The number of amides is 1. The minimum atomic E-state index is -4.37. The number of hydrogen-bond acceptors (Lipinski definition) is 5. The maximum atomic E-state index is 13.0. The van der Waals surface area contributed by atoms with Gasteiger partial charge in [-0.2, -0.15) is 13.2 Å². The molecule has 33 heavy (non-hydrogen) atoms. The van der Waals surface area contributed by atoms with Crippen molar-refractivity contribution >= 4 is 11.7 Å². The molecule has 1 aliphatic rings. The number of primary amides is 1. The highest BCUT2D eigenvalue weighted by atomic mass is 19.4. The number of piperazine rings is 1. The maximum Gasteiger partial charge on any atom is 0.416 e. The van der Waals surface area contributed by atoms with E-state index in [1.165, 1.54) is 6.07 Å². The number of nitrogens with zero attached hydrogens (tertiary/aromatic N) is 3. The van der Waals surface area contributed by atoms with Crippen molar-refractivity contribution < 1.29 is 18.0 Å². The molecule has 0 aliphatic carbocycles. The van der Waals surface area contributed by atoms with Gasteiger partial charge in [0.25, 0.3) is 0 Å². The lowest BCUT2D eigenvalue weighted by molar-refractivity contribution is -0.137. The molecule has 3 N–H and O–H groups in total. The van der Waals surface area contributed by atoms with Gasteiger partial charge in [0, 0.05) is 55.6 Å². The Bertz CT molecular complexity index is 1170. The highest BCUT2D eigenvalue weighted by Gasteiger charge is 2.30. The Morgan fingerprint density at radius 3 is 2.55 bits per heavy atom. The summed E-state index contributed by atoms with van der Waals surface area (Å²) in [6.45, 7) is 4.84. The number of alkyl halides is 3. The number of nitrogens with two attached hydrogens (primary N) is 1. The monoisotopic (exact) mass is 455 g/mol. The van der Waals surface area contributed by atoms with E-state index in [9.17, 15) is 18.0 Å². The van der Waals surface area contributed by atoms with E-state index in [1.54, 1.807) is 31.3 Å². The van der Waals surface area contributed by atoms with Gasteiger partial charge in [0.2, 0.25) is 5.91 Å². The summed E-state index contributed by atoms with van der Waals surface area (Å²) < 4.78 is 38.9. The van der Waals surface area contributed by atoms with Gasteiger partial charge in [0.1, 0.15) is 5.82 Å². The van der Waals surface area contributed by atoms with Gasteiger partial charge in [-0.3, -0.25) is 9.78 Å². The van der Waals surface area contributed by atoms with Crippen molar-refractivity contribution in [2.45, 2.75) is 19.5 Å². The first-order valence-electron chi connectivity index (χ1n) is 10.6. The number of pyridine rings is 2. The van der Waals surface area contributed by atoms with E-state index in [-0.39, 0.29) is 0 Å². The van der Waals surface area contributed by atoms with Crippen LogP contribution in [0.3, 0.4) is 0 Å². The summed E-state index contributed by atoms with van der Waals surface area (Å²) in [4.78, 5) is 23.2. The Morgan fingerprint density at radius 2 is 1.88 bits per heavy atom. The molecule has 0 radical (unpaired) electrons. The second-order valence-electron chi connectivity index (χ2n) is 8.05. The average molecular weight is 455 g/mol. The average Bonchev–Trinajstić information content (AvgIpc) is 2.80. The highest BCUT2D eigenvalue weighted by Crippen LogP contribution is 2.31.